The van der Waals surface area contributed by atoms with E-state index < -0.39 is 132 Å². The fourth-order valence-electron chi connectivity index (χ4n) is 11.0. The van der Waals surface area contributed by atoms with Crippen molar-refractivity contribution in [2.45, 2.75) is 230 Å². The van der Waals surface area contributed by atoms with Crippen LogP contribution in [0.5, 0.6) is 0 Å². The predicted octanol–water partition coefficient (Wildman–Crippen LogP) is 8.62. The molecule has 1 aliphatic carbocycles. The molecule has 0 bridgehead atoms. The maximum Gasteiger partial charge on any atom is 0.410 e. The van der Waals surface area contributed by atoms with Crippen LogP contribution in [0, 0.1) is 5.92 Å². The first kappa shape index (κ1) is 73.0. The lowest BCUT2D eigenvalue weighted by atomic mass is 9.90. The average molecular weight is 1260 g/mol. The number of carbonyl (C=O) groups excluding carboxylic acids is 8. The van der Waals surface area contributed by atoms with Gasteiger partial charge in [0, 0.05) is 73.9 Å². The second-order valence-corrected chi connectivity index (χ2v) is 26.8. The third-order valence-corrected chi connectivity index (χ3v) is 16.5. The molecule has 2 saturated heterocycles. The summed E-state index contributed by atoms with van der Waals surface area (Å²) in [5, 5.41) is 10.2. The number of halogens is 2. The Hall–Kier alpha value is -6.75. The molecular weight excluding hydrogens is 1160 g/mol. The van der Waals surface area contributed by atoms with E-state index in [4.69, 9.17) is 33.2 Å². The van der Waals surface area contributed by atoms with E-state index in [1.807, 2.05) is 36.4 Å². The van der Waals surface area contributed by atoms with E-state index in [0.29, 0.717) is 32.0 Å². The Bertz CT molecular complexity index is 2760. The number of rotatable bonds is 29. The number of carbonyl (C=O) groups is 9. The van der Waals surface area contributed by atoms with Crippen LogP contribution in [0.4, 0.5) is 13.6 Å². The third-order valence-electron chi connectivity index (χ3n) is 16.5. The lowest BCUT2D eigenvalue weighted by molar-refractivity contribution is -0.175. The maximum atomic E-state index is 15.8. The molecule has 0 aromatic heterocycles. The van der Waals surface area contributed by atoms with Gasteiger partial charge in [0.05, 0.1) is 0 Å². The van der Waals surface area contributed by atoms with E-state index in [1.165, 1.54) is 69.7 Å². The van der Waals surface area contributed by atoms with Crippen LogP contribution in [-0.2, 0) is 84.4 Å². The Morgan fingerprint density at radius 1 is 0.573 bits per heavy atom. The molecule has 2 aromatic rings. The van der Waals surface area contributed by atoms with Gasteiger partial charge in [-0.05, 0) is 160 Å². The Labute approximate surface area is 523 Å². The number of alkyl halides is 2. The second-order valence-electron chi connectivity index (χ2n) is 26.8. The van der Waals surface area contributed by atoms with Crippen molar-refractivity contribution in [3.05, 3.63) is 70.8 Å². The summed E-state index contributed by atoms with van der Waals surface area (Å²) in [5.74, 6) is -8.40. The number of likely N-dealkylation sites (N-methyl/N-ethyl adjacent to an activating group) is 4. The first-order valence-corrected chi connectivity index (χ1v) is 30.9. The quantitative estimate of drug-likeness (QED) is 0.0591. The molecule has 3 aliphatic rings. The van der Waals surface area contributed by atoms with Crippen molar-refractivity contribution in [1.29, 1.82) is 0 Å². The molecule has 2 aliphatic heterocycles. The minimum atomic E-state index is -2.12. The summed E-state index contributed by atoms with van der Waals surface area (Å²) in [6.07, 6.45) is -5.16. The van der Waals surface area contributed by atoms with Gasteiger partial charge in [-0.1, -0.05) is 62.4 Å². The van der Waals surface area contributed by atoms with E-state index in [1.54, 1.807) is 46.8 Å². The highest BCUT2D eigenvalue weighted by Gasteiger charge is 2.58. The van der Waals surface area contributed by atoms with Crippen molar-refractivity contribution < 1.29 is 90.2 Å². The largest absolute Gasteiger partial charge is 0.478 e. The number of carboxylic acids is 1. The van der Waals surface area contributed by atoms with Gasteiger partial charge in [0.2, 0.25) is 6.10 Å². The number of hydrogen-bond donors (Lipinski definition) is 1. The number of aryl methyl sites for hydroxylation is 1. The molecular formula is C66H96F2N4O17. The first-order chi connectivity index (χ1) is 41.4. The Balaban J connectivity index is 1.37. The van der Waals surface area contributed by atoms with E-state index in [9.17, 15) is 43.5 Å². The highest BCUT2D eigenvalue weighted by Crippen LogP contribution is 2.43. The van der Waals surface area contributed by atoms with E-state index in [2.05, 4.69) is 0 Å². The number of nitrogens with zero attached hydrogens (tertiary/aromatic N) is 4. The lowest BCUT2D eigenvalue weighted by Gasteiger charge is -2.35. The topological polar surface area (TPSA) is 251 Å². The zero-order valence-corrected chi connectivity index (χ0v) is 54.7. The zero-order chi connectivity index (χ0) is 66.5. The third kappa shape index (κ3) is 21.4. The average Bonchev–Trinajstić information content (AvgIpc) is 1.63. The Kier molecular flexibility index (Phi) is 25.7. The van der Waals surface area contributed by atoms with Crippen molar-refractivity contribution in [3.63, 3.8) is 0 Å². The SMILES string of the molecule is CC(C)C[C@@H](C(=O)O[C@H](C)C(=O)N(C)[C@@H](CC(C)(C)F)C(=O)O[C@H](Cc1ccc(C2CCOCC2)cc1)C(=O)O)N(C)C(=O)[C@@H](CCc1ccc(C2CCOCC2)cc1)OC(=O)[C@H](CC(C)(C)F)N(C)C(=O)[C@@H](C)OC(=O)C1(N(C)C(=O)OC(C)(C)C)CC1. The van der Waals surface area contributed by atoms with Crippen LogP contribution in [0.1, 0.15) is 174 Å². The van der Waals surface area contributed by atoms with Crippen LogP contribution in [0.3, 0.4) is 0 Å². The van der Waals surface area contributed by atoms with Crippen LogP contribution in [0.2, 0.25) is 0 Å². The van der Waals surface area contributed by atoms with Gasteiger partial charge in [0.15, 0.2) is 18.3 Å². The van der Waals surface area contributed by atoms with Crippen molar-refractivity contribution in [3.8, 4) is 0 Å². The highest BCUT2D eigenvalue weighted by atomic mass is 19.1. The van der Waals surface area contributed by atoms with Gasteiger partial charge in [-0.15, -0.1) is 0 Å². The van der Waals surface area contributed by atoms with Gasteiger partial charge in [0.25, 0.3) is 17.7 Å². The lowest BCUT2D eigenvalue weighted by Crippen LogP contribution is -2.54. The number of esters is 4. The van der Waals surface area contributed by atoms with Gasteiger partial charge < -0.3 is 53.0 Å². The first-order valence-electron chi connectivity index (χ1n) is 30.9. The molecule has 3 fully saturated rings. The van der Waals surface area contributed by atoms with Crippen molar-refractivity contribution in [1.82, 2.24) is 19.6 Å². The number of amides is 4. The van der Waals surface area contributed by atoms with Crippen LogP contribution < -0.4 is 0 Å². The van der Waals surface area contributed by atoms with Crippen LogP contribution in [0.15, 0.2) is 48.5 Å². The highest BCUT2D eigenvalue weighted by molar-refractivity contribution is 5.94. The maximum absolute atomic E-state index is 15.8. The molecule has 2 heterocycles. The number of aliphatic carboxylic acids is 1. The minimum absolute atomic E-state index is 0.0483. The van der Waals surface area contributed by atoms with Gasteiger partial charge in [-0.2, -0.15) is 0 Å². The summed E-state index contributed by atoms with van der Waals surface area (Å²) < 4.78 is 70.8. The van der Waals surface area contributed by atoms with Crippen molar-refractivity contribution in [2.75, 3.05) is 54.6 Å². The number of carboxylic acid groups (broad SMARTS) is 1. The van der Waals surface area contributed by atoms with Crippen LogP contribution >= 0.6 is 0 Å². The molecule has 496 valence electrons. The number of hydrogen-bond acceptors (Lipinski definition) is 16. The molecule has 4 amide bonds. The molecule has 23 heteroatoms. The summed E-state index contributed by atoms with van der Waals surface area (Å²) in [7, 11) is 5.04. The number of ether oxygens (including phenoxy) is 7. The van der Waals surface area contributed by atoms with Crippen LogP contribution in [-0.4, -0.2) is 198 Å². The standard InChI is InChI=1S/C66H96F2N4O17/c1-40(2)36-49(58(78)85-41(3)54(73)70(13)51(39-65(10,11)68)60(80)88-53(57(76)77)37-44-18-23-46(24-19-44)48-28-34-84-35-29-48)69(12)56(75)52(25-20-43-16-21-45(22-17-43)47-26-32-83-33-27-47)87-59(79)50(38-64(8,9)67)71(14)55(74)42(4)86-61(81)66(30-31-66)72(15)62(82)89-63(5,6)7/h16-19,21-24,40-42,47-53H,20,25-39H2,1-15H3,(H,76,77)/t41-,42-,49+,50+,51+,52-,53-/m1/s1. The Morgan fingerprint density at radius 3 is 1.38 bits per heavy atom. The van der Waals surface area contributed by atoms with Gasteiger partial charge in [-0.25, -0.2) is 37.5 Å². The monoisotopic (exact) mass is 1250 g/mol. The van der Waals surface area contributed by atoms with Gasteiger partial charge in [-0.3, -0.25) is 19.3 Å². The summed E-state index contributed by atoms with van der Waals surface area (Å²) >= 11 is 0. The minimum Gasteiger partial charge on any atom is -0.478 e. The molecule has 0 radical (unpaired) electrons. The zero-order valence-electron chi connectivity index (χ0n) is 54.7. The van der Waals surface area contributed by atoms with Crippen LogP contribution in [0.25, 0.3) is 0 Å². The van der Waals surface area contributed by atoms with E-state index in [0.717, 1.165) is 62.0 Å². The fourth-order valence-corrected chi connectivity index (χ4v) is 11.0. The van der Waals surface area contributed by atoms with E-state index in [-0.39, 0.29) is 56.3 Å². The normalized spacial score (nSPS) is 17.9. The summed E-state index contributed by atoms with van der Waals surface area (Å²) in [4.78, 5) is 130. The number of benzene rings is 2. The molecule has 7 atom stereocenters. The smallest absolute Gasteiger partial charge is 0.410 e. The molecule has 21 nitrogen and oxygen atoms in total. The molecule has 2 aromatic carbocycles. The summed E-state index contributed by atoms with van der Waals surface area (Å²) in [6.45, 7) is 18.3. The molecule has 0 unspecified atom stereocenters. The summed E-state index contributed by atoms with van der Waals surface area (Å²) in [5.41, 5.74) is -3.02. The van der Waals surface area contributed by atoms with E-state index >= 15 is 13.6 Å². The van der Waals surface area contributed by atoms with Gasteiger partial charge in [0.1, 0.15) is 40.6 Å². The molecule has 0 spiro atoms. The summed E-state index contributed by atoms with van der Waals surface area (Å²) in [6, 6.07) is 10.2. The molecule has 5 rings (SSSR count). The second kappa shape index (κ2) is 31.3. The fraction of sp³-hybridized carbons (Fsp3) is 0.682. The van der Waals surface area contributed by atoms with Crippen molar-refractivity contribution >= 4 is 53.7 Å². The predicted molar refractivity (Wildman–Crippen MR) is 324 cm³/mol. The van der Waals surface area contributed by atoms with Crippen molar-refractivity contribution in [2.24, 2.45) is 5.92 Å². The molecule has 1 N–H and O–H groups in total. The molecule has 1 saturated carbocycles. The Morgan fingerprint density at radius 2 is 0.978 bits per heavy atom. The molecule has 89 heavy (non-hydrogen) atoms. The van der Waals surface area contributed by atoms with Gasteiger partial charge >= 0.3 is 35.9 Å².